The Labute approximate surface area is 197 Å². The van der Waals surface area contributed by atoms with Crippen LogP contribution in [0.3, 0.4) is 0 Å². The van der Waals surface area contributed by atoms with Crippen LogP contribution in [0.15, 0.2) is 36.5 Å². The number of hydrogen-bond acceptors (Lipinski definition) is 5. The van der Waals surface area contributed by atoms with Gasteiger partial charge in [0.2, 0.25) is 11.6 Å². The van der Waals surface area contributed by atoms with Crippen LogP contribution in [-0.2, 0) is 6.18 Å². The van der Waals surface area contributed by atoms with Crippen molar-refractivity contribution in [3.8, 4) is 23.0 Å². The van der Waals surface area contributed by atoms with Crippen molar-refractivity contribution in [2.45, 2.75) is 25.1 Å². The summed E-state index contributed by atoms with van der Waals surface area (Å²) in [5.41, 5.74) is 3.36. The predicted octanol–water partition coefficient (Wildman–Crippen LogP) is 4.21. The van der Waals surface area contributed by atoms with Gasteiger partial charge in [-0.2, -0.15) is 13.2 Å². The van der Waals surface area contributed by atoms with E-state index in [1.54, 1.807) is 0 Å². The van der Waals surface area contributed by atoms with Crippen molar-refractivity contribution in [1.82, 2.24) is 19.4 Å². The Hall–Kier alpha value is -3.98. The summed E-state index contributed by atoms with van der Waals surface area (Å²) in [6.07, 6.45) is -2.66. The minimum atomic E-state index is -5.00. The quantitative estimate of drug-likeness (QED) is 0.439. The van der Waals surface area contributed by atoms with E-state index in [9.17, 15) is 22.4 Å². The second-order valence-electron chi connectivity index (χ2n) is 7.96. The van der Waals surface area contributed by atoms with Gasteiger partial charge in [-0.25, -0.2) is 19.2 Å². The van der Waals surface area contributed by atoms with Gasteiger partial charge in [0, 0.05) is 30.8 Å². The van der Waals surface area contributed by atoms with E-state index < -0.39 is 29.3 Å². The first-order valence-corrected chi connectivity index (χ1v) is 10.6. The van der Waals surface area contributed by atoms with Gasteiger partial charge in [-0.05, 0) is 25.0 Å². The summed E-state index contributed by atoms with van der Waals surface area (Å²) in [7, 11) is 1.35. The van der Waals surface area contributed by atoms with Crippen LogP contribution < -0.4 is 10.5 Å². The Morgan fingerprint density at radius 2 is 2.06 bits per heavy atom. The van der Waals surface area contributed by atoms with Crippen LogP contribution >= 0.6 is 0 Å². The minimum Gasteiger partial charge on any atom is -0.481 e. The fourth-order valence-electron chi connectivity index (χ4n) is 3.98. The average Bonchev–Trinajstić information content (AvgIpc) is 3.25. The number of hydrogen-bond donors (Lipinski definition) is 1. The molecule has 0 aliphatic carbocycles. The third-order valence-corrected chi connectivity index (χ3v) is 5.61. The molecule has 2 N–H and O–H groups in total. The maximum absolute atomic E-state index is 14.5. The molecule has 4 rings (SSSR count). The number of methoxy groups -OCH3 is 1. The minimum absolute atomic E-state index is 0.0504. The molecule has 1 amide bonds. The number of pyridine rings is 1. The number of halogens is 4. The molecule has 0 unspecified atom stereocenters. The van der Waals surface area contributed by atoms with E-state index in [-0.39, 0.29) is 47.8 Å². The molecule has 1 aromatic carbocycles. The lowest BCUT2D eigenvalue weighted by Crippen LogP contribution is -2.46. The van der Waals surface area contributed by atoms with Gasteiger partial charge in [0.15, 0.2) is 11.4 Å². The van der Waals surface area contributed by atoms with Crippen molar-refractivity contribution in [3.05, 3.63) is 65.2 Å². The topological polar surface area (TPSA) is 90.6 Å². The lowest BCUT2D eigenvalue weighted by molar-refractivity contribution is -0.142. The van der Waals surface area contributed by atoms with Crippen LogP contribution in [0, 0.1) is 12.4 Å². The molecule has 0 bridgehead atoms. The van der Waals surface area contributed by atoms with Crippen LogP contribution in [0.1, 0.15) is 29.0 Å². The normalized spacial score (nSPS) is 16.1. The molecule has 3 aromatic rings. The van der Waals surface area contributed by atoms with Gasteiger partial charge >= 0.3 is 6.18 Å². The highest BCUT2D eigenvalue weighted by molar-refractivity contribution is 5.95. The zero-order valence-corrected chi connectivity index (χ0v) is 18.5. The summed E-state index contributed by atoms with van der Waals surface area (Å²) >= 11 is 0. The molecule has 2 aromatic heterocycles. The summed E-state index contributed by atoms with van der Waals surface area (Å²) in [5, 5.41) is 0. The number of likely N-dealkylation sites (tertiary alicyclic amines) is 1. The van der Waals surface area contributed by atoms with Crippen LogP contribution in [-0.4, -0.2) is 51.6 Å². The van der Waals surface area contributed by atoms with Gasteiger partial charge in [0.25, 0.3) is 5.91 Å². The largest absolute Gasteiger partial charge is 0.481 e. The van der Waals surface area contributed by atoms with Gasteiger partial charge in [0.1, 0.15) is 11.6 Å². The summed E-state index contributed by atoms with van der Waals surface area (Å²) in [6, 6.07) is 5.64. The van der Waals surface area contributed by atoms with Gasteiger partial charge < -0.3 is 15.4 Å². The Kier molecular flexibility index (Phi) is 6.45. The van der Waals surface area contributed by atoms with E-state index in [4.69, 9.17) is 17.0 Å². The fraction of sp³-hybridized carbons (Fsp3) is 0.304. The average molecular weight is 488 g/mol. The number of carbonyl (C=O) groups excluding carboxylic acids is 1. The first kappa shape index (κ1) is 24.2. The van der Waals surface area contributed by atoms with Crippen molar-refractivity contribution in [1.29, 1.82) is 0 Å². The number of aromatic nitrogens is 3. The Morgan fingerprint density at radius 3 is 2.63 bits per heavy atom. The molecular weight excluding hydrogens is 468 g/mol. The standard InChI is InChI=1S/C23H20F4N6O2/c1-29-17-7-5-13(10-16(17)24)21-31-19(22(34)32-9-3-4-14(28)12-32)20(23(25,26)27)33(21)15-6-8-18(35-2)30-11-15/h5-8,10-11,14H,3-4,9,12,28H2,2H3/t14-/m0/s1. The van der Waals surface area contributed by atoms with Crippen molar-refractivity contribution >= 4 is 11.6 Å². The number of piperidine rings is 1. The highest BCUT2D eigenvalue weighted by Crippen LogP contribution is 2.39. The number of amides is 1. The van der Waals surface area contributed by atoms with Gasteiger partial charge in [-0.3, -0.25) is 9.36 Å². The van der Waals surface area contributed by atoms with E-state index in [0.29, 0.717) is 12.8 Å². The van der Waals surface area contributed by atoms with Crippen LogP contribution in [0.2, 0.25) is 0 Å². The molecule has 1 fully saturated rings. The molecule has 1 aliphatic heterocycles. The highest BCUT2D eigenvalue weighted by atomic mass is 19.4. The molecule has 1 aliphatic rings. The van der Waals surface area contributed by atoms with Crippen molar-refractivity contribution < 1.29 is 27.1 Å². The van der Waals surface area contributed by atoms with Crippen molar-refractivity contribution in [2.75, 3.05) is 20.2 Å². The molecule has 1 saturated heterocycles. The SMILES string of the molecule is [C-]#[N+]c1ccc(-c2nc(C(=O)N3CCC[C@H](N)C3)c(C(F)(F)F)n2-c2ccc(OC)nc2)cc1F. The second kappa shape index (κ2) is 9.34. The van der Waals surface area contributed by atoms with E-state index in [2.05, 4.69) is 14.8 Å². The number of alkyl halides is 3. The zero-order valence-electron chi connectivity index (χ0n) is 18.5. The molecular formula is C23H20F4N6O2. The molecule has 3 heterocycles. The highest BCUT2D eigenvalue weighted by Gasteiger charge is 2.44. The van der Waals surface area contributed by atoms with E-state index in [0.717, 1.165) is 22.9 Å². The maximum Gasteiger partial charge on any atom is 0.434 e. The third kappa shape index (κ3) is 4.67. The lowest BCUT2D eigenvalue weighted by atomic mass is 10.1. The lowest BCUT2D eigenvalue weighted by Gasteiger charge is -2.30. The van der Waals surface area contributed by atoms with Gasteiger partial charge in [-0.1, -0.05) is 12.1 Å². The summed E-state index contributed by atoms with van der Waals surface area (Å²) < 4.78 is 63.5. The molecule has 1 atom stereocenters. The molecule has 0 radical (unpaired) electrons. The summed E-state index contributed by atoms with van der Waals surface area (Å²) in [6.45, 7) is 7.35. The summed E-state index contributed by atoms with van der Waals surface area (Å²) in [4.78, 5) is 25.6. The fourth-order valence-corrected chi connectivity index (χ4v) is 3.98. The molecule has 0 saturated carbocycles. The number of ether oxygens (including phenoxy) is 1. The van der Waals surface area contributed by atoms with Crippen LogP contribution in [0.4, 0.5) is 23.2 Å². The first-order valence-electron chi connectivity index (χ1n) is 10.6. The third-order valence-electron chi connectivity index (χ3n) is 5.61. The number of imidazole rings is 1. The molecule has 35 heavy (non-hydrogen) atoms. The van der Waals surface area contributed by atoms with Crippen molar-refractivity contribution in [2.24, 2.45) is 5.73 Å². The molecule has 182 valence electrons. The molecule has 8 nitrogen and oxygen atoms in total. The van der Waals surface area contributed by atoms with Gasteiger partial charge in [0.05, 0.1) is 25.6 Å². The number of benzene rings is 1. The Balaban J connectivity index is 1.97. The zero-order chi connectivity index (χ0) is 25.3. The molecule has 0 spiro atoms. The van der Waals surface area contributed by atoms with Gasteiger partial charge in [-0.15, -0.1) is 0 Å². The number of nitrogens with two attached hydrogens (primary N) is 1. The first-order chi connectivity index (χ1) is 16.6. The second-order valence-corrected chi connectivity index (χ2v) is 7.96. The van der Waals surface area contributed by atoms with Crippen LogP contribution in [0.5, 0.6) is 5.88 Å². The number of nitrogens with zero attached hydrogens (tertiary/aromatic N) is 5. The van der Waals surface area contributed by atoms with E-state index in [1.165, 1.54) is 30.2 Å². The maximum atomic E-state index is 14.5. The Morgan fingerprint density at radius 1 is 1.29 bits per heavy atom. The van der Waals surface area contributed by atoms with E-state index >= 15 is 0 Å². The van der Waals surface area contributed by atoms with Crippen molar-refractivity contribution in [3.63, 3.8) is 0 Å². The van der Waals surface area contributed by atoms with Crippen LogP contribution in [0.25, 0.3) is 21.9 Å². The Bertz CT molecular complexity index is 1300. The van der Waals surface area contributed by atoms with E-state index in [1.807, 2.05) is 0 Å². The smallest absolute Gasteiger partial charge is 0.434 e. The molecule has 12 heteroatoms. The summed E-state index contributed by atoms with van der Waals surface area (Å²) in [5.74, 6) is -2.02. The predicted molar refractivity (Wildman–Crippen MR) is 118 cm³/mol. The number of carbonyl (C=O) groups is 1. The number of rotatable bonds is 4. The monoisotopic (exact) mass is 488 g/mol.